The minimum atomic E-state index is -3.48. The summed E-state index contributed by atoms with van der Waals surface area (Å²) in [5.74, 6) is 0. The van der Waals surface area contributed by atoms with E-state index < -0.39 is 10.0 Å². The molecule has 96 valence electrons. The van der Waals surface area contributed by atoms with Crippen molar-refractivity contribution in [1.29, 1.82) is 0 Å². The molecule has 1 aromatic rings. The first kappa shape index (κ1) is 13.8. The fraction of sp³-hybridized carbons (Fsp3) is 0.400. The zero-order valence-corrected chi connectivity index (χ0v) is 10.9. The van der Waals surface area contributed by atoms with Crippen molar-refractivity contribution in [3.63, 3.8) is 0 Å². The summed E-state index contributed by atoms with van der Waals surface area (Å²) in [4.78, 5) is 5.14. The lowest BCUT2D eigenvalue weighted by Gasteiger charge is -2.18. The summed E-state index contributed by atoms with van der Waals surface area (Å²) in [6, 6.07) is 4.46. The molecule has 0 amide bonds. The standard InChI is InChI=1S/C10H17N3O3S/c1-4-12-17(14,15)8-5-6-9(11)10(7-8)13(2)16-3/h5-7,12H,4,11H2,1-3H3. The summed E-state index contributed by atoms with van der Waals surface area (Å²) in [6.07, 6.45) is 0. The van der Waals surface area contributed by atoms with Gasteiger partial charge in [0.15, 0.2) is 0 Å². The molecule has 7 heteroatoms. The van der Waals surface area contributed by atoms with Crippen LogP contribution in [0.1, 0.15) is 6.92 Å². The van der Waals surface area contributed by atoms with Crippen LogP contribution < -0.4 is 15.5 Å². The molecule has 0 aliphatic carbocycles. The fourth-order valence-corrected chi connectivity index (χ4v) is 2.40. The van der Waals surface area contributed by atoms with Crippen molar-refractivity contribution in [3.05, 3.63) is 18.2 Å². The van der Waals surface area contributed by atoms with Gasteiger partial charge in [-0.3, -0.25) is 9.90 Å². The van der Waals surface area contributed by atoms with E-state index in [1.54, 1.807) is 14.0 Å². The number of nitrogens with two attached hydrogens (primary N) is 1. The summed E-state index contributed by atoms with van der Waals surface area (Å²) in [5, 5.41) is 1.40. The minimum Gasteiger partial charge on any atom is -0.397 e. The number of hydroxylamine groups is 1. The van der Waals surface area contributed by atoms with Crippen LogP contribution in [0.2, 0.25) is 0 Å². The van der Waals surface area contributed by atoms with Crippen LogP contribution >= 0.6 is 0 Å². The molecule has 6 nitrogen and oxygen atoms in total. The number of benzene rings is 1. The molecule has 0 aromatic heterocycles. The maximum absolute atomic E-state index is 11.8. The number of nitrogens with zero attached hydrogens (tertiary/aromatic N) is 1. The van der Waals surface area contributed by atoms with Crippen LogP contribution in [0.25, 0.3) is 0 Å². The quantitative estimate of drug-likeness (QED) is 0.596. The van der Waals surface area contributed by atoms with E-state index in [-0.39, 0.29) is 4.90 Å². The Morgan fingerprint density at radius 2 is 2.12 bits per heavy atom. The molecule has 3 N–H and O–H groups in total. The third-order valence-corrected chi connectivity index (χ3v) is 3.80. The second-order valence-electron chi connectivity index (χ2n) is 3.40. The fourth-order valence-electron chi connectivity index (χ4n) is 1.34. The monoisotopic (exact) mass is 259 g/mol. The predicted molar refractivity (Wildman–Crippen MR) is 67.1 cm³/mol. The zero-order valence-electron chi connectivity index (χ0n) is 10.1. The van der Waals surface area contributed by atoms with Gasteiger partial charge in [-0.1, -0.05) is 6.92 Å². The summed E-state index contributed by atoms with van der Waals surface area (Å²) in [7, 11) is -0.354. The normalized spacial score (nSPS) is 11.5. The van der Waals surface area contributed by atoms with Gasteiger partial charge in [0.25, 0.3) is 0 Å². The van der Waals surface area contributed by atoms with Crippen molar-refractivity contribution in [2.45, 2.75) is 11.8 Å². The number of anilines is 2. The highest BCUT2D eigenvalue weighted by atomic mass is 32.2. The van der Waals surface area contributed by atoms with Crippen LogP contribution in [0.5, 0.6) is 0 Å². The van der Waals surface area contributed by atoms with Crippen molar-refractivity contribution >= 4 is 21.4 Å². The Bertz CT molecular complexity index is 488. The molecule has 0 aliphatic heterocycles. The lowest BCUT2D eigenvalue weighted by molar-refractivity contribution is 0.185. The number of nitrogen functional groups attached to an aromatic ring is 1. The van der Waals surface area contributed by atoms with Crippen LogP contribution in [0.3, 0.4) is 0 Å². The van der Waals surface area contributed by atoms with Crippen LogP contribution in [0.15, 0.2) is 23.1 Å². The Morgan fingerprint density at radius 1 is 1.47 bits per heavy atom. The molecule has 17 heavy (non-hydrogen) atoms. The predicted octanol–water partition coefficient (Wildman–Crippen LogP) is 0.565. The number of hydrogen-bond donors (Lipinski definition) is 2. The summed E-state index contributed by atoms with van der Waals surface area (Å²) in [6.45, 7) is 2.05. The van der Waals surface area contributed by atoms with E-state index >= 15 is 0 Å². The first-order chi connectivity index (χ1) is 7.92. The Hall–Kier alpha value is -1.31. The molecule has 1 rings (SSSR count). The molecule has 0 radical (unpaired) electrons. The molecule has 0 atom stereocenters. The van der Waals surface area contributed by atoms with E-state index in [9.17, 15) is 8.42 Å². The Balaban J connectivity index is 3.21. The molecule has 0 heterocycles. The van der Waals surface area contributed by atoms with Gasteiger partial charge >= 0.3 is 0 Å². The third-order valence-electron chi connectivity index (χ3n) is 2.26. The van der Waals surface area contributed by atoms with Gasteiger partial charge in [0, 0.05) is 13.6 Å². The van der Waals surface area contributed by atoms with Gasteiger partial charge in [-0.05, 0) is 18.2 Å². The number of rotatable bonds is 5. The Labute approximate surface area is 101 Å². The summed E-state index contributed by atoms with van der Waals surface area (Å²) >= 11 is 0. The van der Waals surface area contributed by atoms with Crippen LogP contribution in [-0.2, 0) is 14.9 Å². The molecule has 0 aliphatic rings. The SMILES string of the molecule is CCNS(=O)(=O)c1ccc(N)c(N(C)OC)c1. The van der Waals surface area contributed by atoms with Gasteiger partial charge in [0.05, 0.1) is 23.4 Å². The molecule has 0 saturated carbocycles. The van der Waals surface area contributed by atoms with Crippen LogP contribution in [0, 0.1) is 0 Å². The maximum atomic E-state index is 11.8. The van der Waals surface area contributed by atoms with Gasteiger partial charge in [-0.25, -0.2) is 13.1 Å². The molecular formula is C10H17N3O3S. The third kappa shape index (κ3) is 3.09. The highest BCUT2D eigenvalue weighted by Gasteiger charge is 2.15. The van der Waals surface area contributed by atoms with Gasteiger partial charge < -0.3 is 5.73 Å². The van der Waals surface area contributed by atoms with E-state index in [0.717, 1.165) is 0 Å². The molecule has 0 fully saturated rings. The second-order valence-corrected chi connectivity index (χ2v) is 5.17. The molecular weight excluding hydrogens is 242 g/mol. The number of sulfonamides is 1. The van der Waals surface area contributed by atoms with Gasteiger partial charge in [-0.15, -0.1) is 0 Å². The molecule has 1 aromatic carbocycles. The Morgan fingerprint density at radius 3 is 2.65 bits per heavy atom. The van der Waals surface area contributed by atoms with Gasteiger partial charge in [0.1, 0.15) is 0 Å². The first-order valence-corrected chi connectivity index (χ1v) is 6.57. The van der Waals surface area contributed by atoms with Crippen molar-refractivity contribution in [3.8, 4) is 0 Å². The van der Waals surface area contributed by atoms with E-state index in [2.05, 4.69) is 4.72 Å². The lowest BCUT2D eigenvalue weighted by atomic mass is 10.3. The van der Waals surface area contributed by atoms with Crippen molar-refractivity contribution in [2.24, 2.45) is 0 Å². The van der Waals surface area contributed by atoms with E-state index in [1.165, 1.54) is 30.4 Å². The maximum Gasteiger partial charge on any atom is 0.240 e. The summed E-state index contributed by atoms with van der Waals surface area (Å²) < 4.78 is 26.0. The van der Waals surface area contributed by atoms with Crippen molar-refractivity contribution in [1.82, 2.24) is 4.72 Å². The number of hydrogen-bond acceptors (Lipinski definition) is 5. The van der Waals surface area contributed by atoms with E-state index in [0.29, 0.717) is 17.9 Å². The topological polar surface area (TPSA) is 84.7 Å². The van der Waals surface area contributed by atoms with Gasteiger partial charge in [-0.2, -0.15) is 0 Å². The average molecular weight is 259 g/mol. The Kier molecular flexibility index (Phi) is 4.33. The first-order valence-electron chi connectivity index (χ1n) is 5.09. The molecule has 0 bridgehead atoms. The lowest BCUT2D eigenvalue weighted by Crippen LogP contribution is -2.24. The molecule has 0 unspecified atom stereocenters. The van der Waals surface area contributed by atoms with Crippen molar-refractivity contribution < 1.29 is 13.3 Å². The van der Waals surface area contributed by atoms with E-state index in [1.807, 2.05) is 0 Å². The summed E-state index contributed by atoms with van der Waals surface area (Å²) in [5.41, 5.74) is 6.70. The molecule has 0 saturated heterocycles. The molecule has 0 spiro atoms. The highest BCUT2D eigenvalue weighted by Crippen LogP contribution is 2.25. The zero-order chi connectivity index (χ0) is 13.1. The van der Waals surface area contributed by atoms with Crippen LogP contribution in [-0.4, -0.2) is 29.1 Å². The van der Waals surface area contributed by atoms with Gasteiger partial charge in [0.2, 0.25) is 10.0 Å². The van der Waals surface area contributed by atoms with Crippen molar-refractivity contribution in [2.75, 3.05) is 31.5 Å². The van der Waals surface area contributed by atoms with Crippen LogP contribution in [0.4, 0.5) is 11.4 Å². The second kappa shape index (κ2) is 5.35. The smallest absolute Gasteiger partial charge is 0.240 e. The average Bonchev–Trinajstić information content (AvgIpc) is 2.28. The number of nitrogens with one attached hydrogen (secondary N) is 1. The van der Waals surface area contributed by atoms with E-state index in [4.69, 9.17) is 10.6 Å². The minimum absolute atomic E-state index is 0.160. The largest absolute Gasteiger partial charge is 0.397 e. The highest BCUT2D eigenvalue weighted by molar-refractivity contribution is 7.89.